The van der Waals surface area contributed by atoms with Gasteiger partial charge in [-0.25, -0.2) is 4.39 Å². The van der Waals surface area contributed by atoms with Crippen LogP contribution in [0.2, 0.25) is 0 Å². The van der Waals surface area contributed by atoms with Crippen molar-refractivity contribution in [2.24, 2.45) is 0 Å². The Morgan fingerprint density at radius 2 is 1.77 bits per heavy atom. The van der Waals surface area contributed by atoms with E-state index >= 15 is 0 Å². The Morgan fingerprint density at radius 3 is 2.46 bits per heavy atom. The number of hydrogen-bond acceptors (Lipinski definition) is 5. The molecule has 0 radical (unpaired) electrons. The normalized spacial score (nSPS) is 22.5. The van der Waals surface area contributed by atoms with Crippen molar-refractivity contribution in [3.8, 4) is 0 Å². The maximum absolute atomic E-state index is 14.4. The minimum atomic E-state index is -0.224. The molecule has 0 unspecified atom stereocenters. The van der Waals surface area contributed by atoms with Gasteiger partial charge in [0.1, 0.15) is 12.4 Å². The van der Waals surface area contributed by atoms with Gasteiger partial charge >= 0.3 is 0 Å². The van der Waals surface area contributed by atoms with E-state index in [4.69, 9.17) is 4.74 Å². The molecule has 0 bridgehead atoms. The van der Waals surface area contributed by atoms with Crippen LogP contribution in [0.25, 0.3) is 0 Å². The molecule has 188 valence electrons. The number of benzene rings is 1. The van der Waals surface area contributed by atoms with E-state index in [0.29, 0.717) is 50.6 Å². The molecule has 0 saturated carbocycles. The highest BCUT2D eigenvalue weighted by molar-refractivity contribution is 5.94. The Labute approximate surface area is 205 Å². The van der Waals surface area contributed by atoms with Crippen LogP contribution in [-0.4, -0.2) is 82.9 Å². The number of morpholine rings is 1. The number of carbonyl (C=O) groups is 2. The quantitative estimate of drug-likeness (QED) is 0.668. The van der Waals surface area contributed by atoms with Gasteiger partial charge in [0, 0.05) is 50.5 Å². The SMILES string of the molecule is Cc1ccc(N2CCN(C(=O)Cn3nc(C(=O)N4C[C@@H](C)O[C@@H](C)C4)c4c3CCC4)CC2)c(F)c1. The van der Waals surface area contributed by atoms with Gasteiger partial charge in [-0.05, 0) is 57.7 Å². The fraction of sp³-hybridized carbons (Fsp3) is 0.577. The van der Waals surface area contributed by atoms with E-state index in [9.17, 15) is 14.0 Å². The predicted octanol–water partition coefficient (Wildman–Crippen LogP) is 2.42. The van der Waals surface area contributed by atoms with Gasteiger partial charge in [-0.15, -0.1) is 0 Å². The number of rotatable bonds is 4. The fourth-order valence-corrected chi connectivity index (χ4v) is 5.60. The van der Waals surface area contributed by atoms with Gasteiger partial charge in [0.05, 0.1) is 17.9 Å². The van der Waals surface area contributed by atoms with Crippen LogP contribution in [0.3, 0.4) is 0 Å². The summed E-state index contributed by atoms with van der Waals surface area (Å²) in [5.41, 5.74) is 3.97. The zero-order valence-electron chi connectivity index (χ0n) is 20.8. The Morgan fingerprint density at radius 1 is 1.06 bits per heavy atom. The predicted molar refractivity (Wildman–Crippen MR) is 130 cm³/mol. The van der Waals surface area contributed by atoms with Gasteiger partial charge in [-0.1, -0.05) is 6.07 Å². The number of halogens is 1. The van der Waals surface area contributed by atoms with E-state index in [-0.39, 0.29) is 36.4 Å². The van der Waals surface area contributed by atoms with Crippen LogP contribution in [0.5, 0.6) is 0 Å². The van der Waals surface area contributed by atoms with Crippen LogP contribution in [0.1, 0.15) is 47.6 Å². The largest absolute Gasteiger partial charge is 0.372 e. The maximum Gasteiger partial charge on any atom is 0.274 e. The minimum absolute atomic E-state index is 0.00790. The van der Waals surface area contributed by atoms with Gasteiger partial charge in [-0.2, -0.15) is 5.10 Å². The molecule has 1 aliphatic carbocycles. The molecule has 8 nitrogen and oxygen atoms in total. The zero-order chi connectivity index (χ0) is 24.7. The first-order valence-electron chi connectivity index (χ1n) is 12.6. The number of aromatic nitrogens is 2. The molecule has 9 heteroatoms. The number of amides is 2. The monoisotopic (exact) mass is 483 g/mol. The third kappa shape index (κ3) is 4.78. The third-order valence-electron chi connectivity index (χ3n) is 7.28. The van der Waals surface area contributed by atoms with Crippen LogP contribution < -0.4 is 4.90 Å². The summed E-state index contributed by atoms with van der Waals surface area (Å²) in [5, 5.41) is 4.65. The van der Waals surface area contributed by atoms with Crippen molar-refractivity contribution in [3.05, 3.63) is 46.5 Å². The molecule has 1 aromatic carbocycles. The first kappa shape index (κ1) is 23.8. The van der Waals surface area contributed by atoms with E-state index in [1.165, 1.54) is 0 Å². The summed E-state index contributed by atoms with van der Waals surface area (Å²) in [6.45, 7) is 9.29. The average molecular weight is 484 g/mol. The zero-order valence-corrected chi connectivity index (χ0v) is 20.8. The molecule has 1 aromatic heterocycles. The number of carbonyl (C=O) groups excluding carboxylic acids is 2. The highest BCUT2D eigenvalue weighted by atomic mass is 19.1. The number of fused-ring (bicyclic) bond motifs is 1. The van der Waals surface area contributed by atoms with E-state index in [2.05, 4.69) is 5.10 Å². The molecular formula is C26H34FN5O3. The molecule has 2 aliphatic heterocycles. The summed E-state index contributed by atoms with van der Waals surface area (Å²) >= 11 is 0. The number of aryl methyl sites for hydroxylation is 1. The third-order valence-corrected chi connectivity index (χ3v) is 7.28. The van der Waals surface area contributed by atoms with E-state index in [1.807, 2.05) is 47.6 Å². The number of nitrogens with zero attached hydrogens (tertiary/aromatic N) is 5. The van der Waals surface area contributed by atoms with E-state index in [0.717, 1.165) is 36.1 Å². The molecule has 2 fully saturated rings. The van der Waals surface area contributed by atoms with Crippen LogP contribution in [-0.2, 0) is 28.9 Å². The number of piperazine rings is 1. The van der Waals surface area contributed by atoms with Gasteiger partial charge in [0.25, 0.3) is 5.91 Å². The van der Waals surface area contributed by atoms with Crippen molar-refractivity contribution in [1.82, 2.24) is 19.6 Å². The second-order valence-corrected chi connectivity index (χ2v) is 10.1. The van der Waals surface area contributed by atoms with Crippen LogP contribution in [0, 0.1) is 12.7 Å². The molecule has 35 heavy (non-hydrogen) atoms. The molecule has 0 N–H and O–H groups in total. The van der Waals surface area contributed by atoms with Gasteiger partial charge in [0.15, 0.2) is 5.69 Å². The average Bonchev–Trinajstić information content (AvgIpc) is 3.42. The van der Waals surface area contributed by atoms with Crippen molar-refractivity contribution in [2.75, 3.05) is 44.2 Å². The lowest BCUT2D eigenvalue weighted by Crippen LogP contribution is -2.50. The Balaban J connectivity index is 1.25. The van der Waals surface area contributed by atoms with Crippen LogP contribution in [0.15, 0.2) is 18.2 Å². The first-order valence-corrected chi connectivity index (χ1v) is 12.6. The lowest BCUT2D eigenvalue weighted by Gasteiger charge is -2.36. The number of anilines is 1. The highest BCUT2D eigenvalue weighted by Crippen LogP contribution is 2.28. The summed E-state index contributed by atoms with van der Waals surface area (Å²) in [7, 11) is 0. The van der Waals surface area contributed by atoms with Gasteiger partial charge < -0.3 is 19.4 Å². The van der Waals surface area contributed by atoms with E-state index in [1.54, 1.807) is 10.7 Å². The fourth-order valence-electron chi connectivity index (χ4n) is 5.60. The molecule has 5 rings (SSSR count). The summed E-state index contributed by atoms with van der Waals surface area (Å²) < 4.78 is 21.9. The Kier molecular flexibility index (Phi) is 6.53. The van der Waals surface area contributed by atoms with Crippen molar-refractivity contribution in [2.45, 2.75) is 58.8 Å². The lowest BCUT2D eigenvalue weighted by atomic mass is 10.1. The molecule has 2 aromatic rings. The Hall–Kier alpha value is -2.94. The lowest BCUT2D eigenvalue weighted by molar-refractivity contribution is -0.132. The smallest absolute Gasteiger partial charge is 0.274 e. The molecular weight excluding hydrogens is 449 g/mol. The van der Waals surface area contributed by atoms with Gasteiger partial charge in [0.2, 0.25) is 5.91 Å². The summed E-state index contributed by atoms with van der Waals surface area (Å²) in [5.74, 6) is -0.304. The van der Waals surface area contributed by atoms with Crippen LogP contribution in [0.4, 0.5) is 10.1 Å². The standard InChI is InChI=1S/C26H34FN5O3/c1-17-7-8-23(21(27)13-17)29-9-11-30(12-10-29)24(33)16-32-22-6-4-5-20(22)25(28-32)26(34)31-14-18(2)35-19(3)15-31/h7-8,13,18-19H,4-6,9-12,14-16H2,1-3H3/t18-,19+. The second kappa shape index (κ2) is 9.60. The summed E-state index contributed by atoms with van der Waals surface area (Å²) in [4.78, 5) is 32.1. The summed E-state index contributed by atoms with van der Waals surface area (Å²) in [6, 6.07) is 5.26. The van der Waals surface area contributed by atoms with E-state index < -0.39 is 0 Å². The van der Waals surface area contributed by atoms with Gasteiger partial charge in [-0.3, -0.25) is 14.3 Å². The van der Waals surface area contributed by atoms with Crippen LogP contribution >= 0.6 is 0 Å². The molecule has 0 spiro atoms. The summed E-state index contributed by atoms with van der Waals surface area (Å²) in [6.07, 6.45) is 2.61. The van der Waals surface area contributed by atoms with Crippen molar-refractivity contribution < 1.29 is 18.7 Å². The molecule has 3 heterocycles. The molecule has 2 atom stereocenters. The molecule has 3 aliphatic rings. The van der Waals surface area contributed by atoms with Crippen molar-refractivity contribution in [1.29, 1.82) is 0 Å². The minimum Gasteiger partial charge on any atom is -0.372 e. The number of ether oxygens (including phenoxy) is 1. The Bertz CT molecular complexity index is 1110. The van der Waals surface area contributed by atoms with Crippen molar-refractivity contribution in [3.63, 3.8) is 0 Å². The number of hydrogen-bond donors (Lipinski definition) is 0. The molecule has 2 amide bonds. The second-order valence-electron chi connectivity index (χ2n) is 10.1. The molecule has 2 saturated heterocycles. The maximum atomic E-state index is 14.4. The first-order chi connectivity index (χ1) is 16.8. The highest BCUT2D eigenvalue weighted by Gasteiger charge is 2.33. The topological polar surface area (TPSA) is 70.9 Å². The van der Waals surface area contributed by atoms with Crippen molar-refractivity contribution >= 4 is 17.5 Å².